The third-order valence-corrected chi connectivity index (χ3v) is 10.1. The van der Waals surface area contributed by atoms with Crippen LogP contribution in [0.2, 0.25) is 0 Å². The number of hydrogen-bond acceptors (Lipinski definition) is 4. The van der Waals surface area contributed by atoms with Gasteiger partial charge in [0.05, 0.1) is 22.0 Å². The van der Waals surface area contributed by atoms with Crippen LogP contribution in [0.5, 0.6) is 0 Å². The zero-order valence-corrected chi connectivity index (χ0v) is 31.8. The van der Waals surface area contributed by atoms with E-state index in [2.05, 4.69) is 94.6 Å². The molecule has 0 radical (unpaired) electrons. The van der Waals surface area contributed by atoms with Gasteiger partial charge in [-0.2, -0.15) is 0 Å². The van der Waals surface area contributed by atoms with Gasteiger partial charge in [0.25, 0.3) is 0 Å². The van der Waals surface area contributed by atoms with Gasteiger partial charge in [0.15, 0.2) is 0 Å². The van der Waals surface area contributed by atoms with Gasteiger partial charge in [-0.3, -0.25) is 14.3 Å². The monoisotopic (exact) mass is 658 g/mol. The molecular weight excluding hydrogens is 597 g/mol. The van der Waals surface area contributed by atoms with Crippen molar-refractivity contribution in [2.24, 2.45) is 15.9 Å². The van der Waals surface area contributed by atoms with Crippen molar-refractivity contribution in [1.82, 2.24) is 9.62 Å². The Morgan fingerprint density at radius 3 is 2.26 bits per heavy atom. The topological polar surface area (TPSA) is 57.1 Å². The summed E-state index contributed by atoms with van der Waals surface area (Å²) < 4.78 is 14.7. The van der Waals surface area contributed by atoms with Crippen LogP contribution in [0.1, 0.15) is 98.6 Å². The number of nitrogens with one attached hydrogen (secondary N) is 1. The van der Waals surface area contributed by atoms with Gasteiger partial charge in [-0.1, -0.05) is 103 Å². The van der Waals surface area contributed by atoms with Crippen LogP contribution in [0.25, 0.3) is 0 Å². The molecule has 0 saturated heterocycles. The summed E-state index contributed by atoms with van der Waals surface area (Å²) in [6, 6.07) is 17.9. The molecule has 1 N–H and O–H groups in total. The SMILES string of the molecule is C=C1C=C(CC)N(S(=C)(=O)c2ccccc2)C1.CC.CCCCC(CC)CN/C(C)=C/C(=N/C(C)=C(\C)C=NC)c1ccccc1C. The Hall–Kier alpha value is -3.64. The summed E-state index contributed by atoms with van der Waals surface area (Å²) in [5, 5.41) is 3.63. The van der Waals surface area contributed by atoms with Crippen LogP contribution in [-0.2, 0) is 9.71 Å². The molecule has 2 atom stereocenters. The molecule has 0 aromatic heterocycles. The average molecular weight is 659 g/mol. The molecule has 0 bridgehead atoms. The maximum absolute atomic E-state index is 12.8. The molecule has 47 heavy (non-hydrogen) atoms. The summed E-state index contributed by atoms with van der Waals surface area (Å²) in [5.41, 5.74) is 8.67. The predicted molar refractivity (Wildman–Crippen MR) is 211 cm³/mol. The lowest BCUT2D eigenvalue weighted by atomic mass is 9.99. The second-order valence-electron chi connectivity index (χ2n) is 11.7. The van der Waals surface area contributed by atoms with E-state index in [9.17, 15) is 4.21 Å². The van der Waals surface area contributed by atoms with E-state index < -0.39 is 9.71 Å². The second kappa shape index (κ2) is 22.0. The van der Waals surface area contributed by atoms with Crippen molar-refractivity contribution >= 4 is 27.5 Å². The van der Waals surface area contributed by atoms with E-state index in [-0.39, 0.29) is 0 Å². The van der Waals surface area contributed by atoms with E-state index in [0.717, 1.165) is 57.7 Å². The average Bonchev–Trinajstić information content (AvgIpc) is 3.48. The van der Waals surface area contributed by atoms with Gasteiger partial charge in [-0.15, -0.1) is 0 Å². The fourth-order valence-corrected chi connectivity index (χ4v) is 6.83. The zero-order valence-electron chi connectivity index (χ0n) is 31.0. The highest BCUT2D eigenvalue weighted by Crippen LogP contribution is 2.28. The van der Waals surface area contributed by atoms with Crippen molar-refractivity contribution in [3.05, 3.63) is 113 Å². The highest BCUT2D eigenvalue weighted by molar-refractivity contribution is 7.98. The fraction of sp³-hybridized carbons (Fsp3) is 0.439. The normalized spacial score (nSPS) is 15.9. The summed E-state index contributed by atoms with van der Waals surface area (Å²) in [6.07, 6.45) is 12.0. The summed E-state index contributed by atoms with van der Waals surface area (Å²) in [4.78, 5) is 9.84. The number of unbranched alkanes of at least 4 members (excludes halogenated alkanes) is 1. The van der Waals surface area contributed by atoms with Crippen molar-refractivity contribution in [1.29, 1.82) is 0 Å². The van der Waals surface area contributed by atoms with Gasteiger partial charge < -0.3 is 5.32 Å². The zero-order chi connectivity index (χ0) is 35.4. The molecule has 258 valence electrons. The molecule has 2 unspecified atom stereocenters. The fourth-order valence-electron chi connectivity index (χ4n) is 5.06. The Labute approximate surface area is 288 Å². The van der Waals surface area contributed by atoms with Crippen molar-refractivity contribution < 1.29 is 4.21 Å². The minimum atomic E-state index is -2.43. The van der Waals surface area contributed by atoms with Gasteiger partial charge >= 0.3 is 0 Å². The van der Waals surface area contributed by atoms with E-state index in [1.807, 2.05) is 67.7 Å². The predicted octanol–water partition coefficient (Wildman–Crippen LogP) is 10.4. The maximum Gasteiger partial charge on any atom is 0.0763 e. The molecule has 0 spiro atoms. The molecule has 0 fully saturated rings. The number of rotatable bonds is 14. The molecular formula is C41H62N4OS. The summed E-state index contributed by atoms with van der Waals surface area (Å²) in [7, 11) is -0.638. The van der Waals surface area contributed by atoms with Crippen molar-refractivity contribution in [3.63, 3.8) is 0 Å². The minimum absolute atomic E-state index is 0.612. The van der Waals surface area contributed by atoms with E-state index in [4.69, 9.17) is 4.99 Å². The van der Waals surface area contributed by atoms with Crippen LogP contribution in [0, 0.1) is 12.8 Å². The molecule has 6 heteroatoms. The van der Waals surface area contributed by atoms with E-state index in [0.29, 0.717) is 6.54 Å². The van der Waals surface area contributed by atoms with Gasteiger partial charge in [-0.25, -0.2) is 4.21 Å². The Bertz CT molecular complexity index is 1510. The Morgan fingerprint density at radius 1 is 1.04 bits per heavy atom. The van der Waals surface area contributed by atoms with Gasteiger partial charge in [0.1, 0.15) is 0 Å². The number of aliphatic imine (C=N–C) groups is 2. The third-order valence-electron chi connectivity index (χ3n) is 8.04. The largest absolute Gasteiger partial charge is 0.388 e. The number of allylic oxidation sites excluding steroid dienone is 5. The number of aryl methyl sites for hydroxylation is 1. The maximum atomic E-state index is 12.8. The number of benzene rings is 2. The molecule has 2 aromatic carbocycles. The van der Waals surface area contributed by atoms with Crippen LogP contribution in [0.3, 0.4) is 0 Å². The van der Waals surface area contributed by atoms with Crippen LogP contribution in [-0.4, -0.2) is 46.4 Å². The van der Waals surface area contributed by atoms with Gasteiger partial charge in [0.2, 0.25) is 0 Å². The van der Waals surface area contributed by atoms with E-state index in [1.165, 1.54) is 36.8 Å². The first kappa shape index (κ1) is 41.4. The molecule has 5 nitrogen and oxygen atoms in total. The Morgan fingerprint density at radius 2 is 1.68 bits per heavy atom. The molecule has 2 aromatic rings. The summed E-state index contributed by atoms with van der Waals surface area (Å²) in [5.74, 6) is 4.66. The molecule has 1 heterocycles. The molecule has 0 aliphatic carbocycles. The second-order valence-corrected chi connectivity index (χ2v) is 13.9. The first-order chi connectivity index (χ1) is 22.5. The van der Waals surface area contributed by atoms with Crippen LogP contribution in [0.15, 0.2) is 116 Å². The lowest BCUT2D eigenvalue weighted by Gasteiger charge is -2.26. The molecule has 1 aliphatic heterocycles. The molecule has 1 aliphatic rings. The summed E-state index contributed by atoms with van der Waals surface area (Å²) >= 11 is 0. The first-order valence-electron chi connectivity index (χ1n) is 17.2. The van der Waals surface area contributed by atoms with E-state index >= 15 is 0 Å². The smallest absolute Gasteiger partial charge is 0.0763 e. The lowest BCUT2D eigenvalue weighted by molar-refractivity contribution is 0.435. The van der Waals surface area contributed by atoms with Crippen LogP contribution < -0.4 is 5.32 Å². The quantitative estimate of drug-likeness (QED) is 0.162. The Kier molecular flexibility index (Phi) is 19.4. The van der Waals surface area contributed by atoms with E-state index in [1.54, 1.807) is 7.05 Å². The van der Waals surface area contributed by atoms with Crippen molar-refractivity contribution in [2.45, 2.75) is 99.3 Å². The highest BCUT2D eigenvalue weighted by Gasteiger charge is 2.24. The molecule has 0 amide bonds. The van der Waals surface area contributed by atoms with Crippen LogP contribution >= 0.6 is 0 Å². The van der Waals surface area contributed by atoms with Gasteiger partial charge in [-0.05, 0) is 93.3 Å². The van der Waals surface area contributed by atoms with Crippen LogP contribution in [0.4, 0.5) is 0 Å². The standard InChI is InChI=1S/C25H39N3.C14H17NOS.C2H6/c1-8-10-14-23(9-2)18-27-21(5)16-25(24-15-12-11-13-19(24)3)28-22(6)20(4)17-26-7;1-4-13-10-12(2)11-15(13)17(3,16)14-8-6-5-7-9-14;1-2/h11-13,15-17,23,27H,8-10,14,18H2,1-7H3;5-10H,2-4,11H2,1H3;1-2H3/b21-16+,22-20+,26-17?,28-25-;;. The number of hydrogen-bond donors (Lipinski definition) is 1. The van der Waals surface area contributed by atoms with Crippen molar-refractivity contribution in [3.8, 4) is 0 Å². The molecule has 3 rings (SSSR count). The minimum Gasteiger partial charge on any atom is -0.388 e. The molecule has 0 saturated carbocycles. The number of nitrogens with zero attached hydrogens (tertiary/aromatic N) is 3. The highest BCUT2D eigenvalue weighted by atomic mass is 32.2. The summed E-state index contributed by atoms with van der Waals surface area (Å²) in [6.45, 7) is 24.5. The Balaban J connectivity index is 0.000000493. The van der Waals surface area contributed by atoms with Crippen molar-refractivity contribution in [2.75, 3.05) is 20.1 Å². The van der Waals surface area contributed by atoms with Gasteiger partial charge in [0, 0.05) is 47.4 Å². The third kappa shape index (κ3) is 13.6. The first-order valence-corrected chi connectivity index (χ1v) is 18.9. The lowest BCUT2D eigenvalue weighted by Crippen LogP contribution is -2.28.